The number of phenolic OH excluding ortho intramolecular Hbond substituents is 6. The van der Waals surface area contributed by atoms with Gasteiger partial charge < -0.3 is 30.6 Å². The van der Waals surface area contributed by atoms with Gasteiger partial charge in [-0.25, -0.2) is 0 Å². The van der Waals surface area contributed by atoms with Crippen LogP contribution in [0.4, 0.5) is 0 Å². The highest BCUT2D eigenvalue weighted by Gasteiger charge is 2.22. The highest BCUT2D eigenvalue weighted by molar-refractivity contribution is 5.55. The number of aromatic hydroxyl groups is 6. The second-order valence-electron chi connectivity index (χ2n) is 9.03. The molecule has 180 valence electrons. The molecule has 0 heterocycles. The maximum Gasteiger partial charge on any atom is 0.157 e. The minimum atomic E-state index is -0.477. The Labute approximate surface area is 203 Å². The van der Waals surface area contributed by atoms with E-state index in [1.165, 1.54) is 24.3 Å². The van der Waals surface area contributed by atoms with E-state index in [0.29, 0.717) is 28.7 Å². The summed E-state index contributed by atoms with van der Waals surface area (Å²) in [4.78, 5) is 0. The molecular weight excluding hydrogens is 444 g/mol. The SMILES string of the molecule is Cc1cc(Cc2cc(C(c3ccc(O)c(O)c3)c3ccc(O)c(O)c3)cc(C)c2O)cc(C)c1O. The van der Waals surface area contributed by atoms with Gasteiger partial charge in [-0.3, -0.25) is 0 Å². The maximum absolute atomic E-state index is 10.9. The van der Waals surface area contributed by atoms with Crippen LogP contribution in [0.2, 0.25) is 0 Å². The van der Waals surface area contributed by atoms with Gasteiger partial charge in [0.15, 0.2) is 23.0 Å². The van der Waals surface area contributed by atoms with E-state index in [1.54, 1.807) is 19.1 Å². The van der Waals surface area contributed by atoms with Crippen molar-refractivity contribution in [3.05, 3.63) is 105 Å². The Morgan fingerprint density at radius 3 is 1.49 bits per heavy atom. The van der Waals surface area contributed by atoms with E-state index in [2.05, 4.69) is 0 Å². The van der Waals surface area contributed by atoms with Crippen LogP contribution >= 0.6 is 0 Å². The zero-order valence-corrected chi connectivity index (χ0v) is 19.7. The monoisotopic (exact) mass is 472 g/mol. The normalized spacial score (nSPS) is 11.2. The summed E-state index contributed by atoms with van der Waals surface area (Å²) in [6.07, 6.45) is 0.427. The highest BCUT2D eigenvalue weighted by Crippen LogP contribution is 2.41. The molecule has 0 aliphatic heterocycles. The molecule has 4 aromatic carbocycles. The summed E-state index contributed by atoms with van der Waals surface area (Å²) in [5.74, 6) is -1.11. The highest BCUT2D eigenvalue weighted by atomic mass is 16.3. The average Bonchev–Trinajstić information content (AvgIpc) is 2.80. The first-order valence-corrected chi connectivity index (χ1v) is 11.2. The number of benzene rings is 4. The van der Waals surface area contributed by atoms with Crippen molar-refractivity contribution in [2.75, 3.05) is 0 Å². The van der Waals surface area contributed by atoms with E-state index in [0.717, 1.165) is 22.3 Å². The van der Waals surface area contributed by atoms with Gasteiger partial charge in [-0.1, -0.05) is 36.4 Å². The van der Waals surface area contributed by atoms with E-state index in [4.69, 9.17) is 0 Å². The Morgan fingerprint density at radius 1 is 0.514 bits per heavy atom. The minimum Gasteiger partial charge on any atom is -0.507 e. The van der Waals surface area contributed by atoms with Gasteiger partial charge in [-0.15, -0.1) is 0 Å². The second kappa shape index (κ2) is 9.14. The van der Waals surface area contributed by atoms with Crippen LogP contribution in [0.5, 0.6) is 34.5 Å². The average molecular weight is 473 g/mol. The van der Waals surface area contributed by atoms with Crippen molar-refractivity contribution in [1.82, 2.24) is 0 Å². The van der Waals surface area contributed by atoms with Gasteiger partial charge in [0.2, 0.25) is 0 Å². The zero-order valence-electron chi connectivity index (χ0n) is 19.7. The van der Waals surface area contributed by atoms with Crippen LogP contribution in [-0.4, -0.2) is 30.6 Å². The Balaban J connectivity index is 1.88. The lowest BCUT2D eigenvalue weighted by molar-refractivity contribution is 0.402. The van der Waals surface area contributed by atoms with Crippen LogP contribution in [0.15, 0.2) is 60.7 Å². The second-order valence-corrected chi connectivity index (χ2v) is 9.03. The Morgan fingerprint density at radius 2 is 1.00 bits per heavy atom. The van der Waals surface area contributed by atoms with Crippen LogP contribution in [-0.2, 0) is 6.42 Å². The molecule has 0 aliphatic rings. The summed E-state index contributed by atoms with van der Waals surface area (Å²) < 4.78 is 0. The minimum absolute atomic E-state index is 0.165. The number of hydrogen-bond donors (Lipinski definition) is 6. The zero-order chi connectivity index (χ0) is 25.4. The van der Waals surface area contributed by atoms with Crippen LogP contribution in [0, 0.1) is 20.8 Å². The van der Waals surface area contributed by atoms with Crippen LogP contribution in [0.1, 0.15) is 50.4 Å². The molecule has 0 unspecified atom stereocenters. The standard InChI is InChI=1S/C29H28O6/c1-15-8-18(9-16(2)28(15)34)11-22-12-21(10-17(3)29(22)35)27(19-4-6-23(30)25(32)13-19)20-5-7-24(31)26(33)14-20/h4-10,12-14,27,30-35H,11H2,1-3H3. The molecule has 0 bridgehead atoms. The van der Waals surface area contributed by atoms with Crippen molar-refractivity contribution in [2.24, 2.45) is 0 Å². The molecular formula is C29H28O6. The van der Waals surface area contributed by atoms with Crippen LogP contribution < -0.4 is 0 Å². The molecule has 0 radical (unpaired) electrons. The van der Waals surface area contributed by atoms with Crippen molar-refractivity contribution in [2.45, 2.75) is 33.1 Å². The molecule has 0 saturated heterocycles. The van der Waals surface area contributed by atoms with E-state index >= 15 is 0 Å². The maximum atomic E-state index is 10.9. The quantitative estimate of drug-likeness (QED) is 0.166. The molecule has 0 atom stereocenters. The first-order chi connectivity index (χ1) is 16.5. The molecule has 0 aliphatic carbocycles. The number of hydrogen-bond acceptors (Lipinski definition) is 6. The van der Waals surface area contributed by atoms with Crippen LogP contribution in [0.3, 0.4) is 0 Å². The van der Waals surface area contributed by atoms with Crippen molar-refractivity contribution in [3.8, 4) is 34.5 Å². The van der Waals surface area contributed by atoms with Gasteiger partial charge >= 0.3 is 0 Å². The number of rotatable bonds is 5. The number of aryl methyl sites for hydroxylation is 3. The summed E-state index contributed by atoms with van der Waals surface area (Å²) >= 11 is 0. The van der Waals surface area contributed by atoms with Gasteiger partial charge in [0.1, 0.15) is 11.5 Å². The van der Waals surface area contributed by atoms with Crippen LogP contribution in [0.25, 0.3) is 0 Å². The predicted molar refractivity (Wildman–Crippen MR) is 134 cm³/mol. The van der Waals surface area contributed by atoms with E-state index in [-0.39, 0.29) is 34.5 Å². The van der Waals surface area contributed by atoms with E-state index < -0.39 is 5.92 Å². The summed E-state index contributed by atoms with van der Waals surface area (Å²) in [7, 11) is 0. The third-order valence-corrected chi connectivity index (χ3v) is 6.35. The Bertz CT molecular complexity index is 1350. The Kier molecular flexibility index (Phi) is 6.22. The van der Waals surface area contributed by atoms with Gasteiger partial charge in [0.05, 0.1) is 0 Å². The molecule has 0 aromatic heterocycles. The summed E-state index contributed by atoms with van der Waals surface area (Å²) in [5.41, 5.74) is 5.87. The smallest absolute Gasteiger partial charge is 0.157 e. The predicted octanol–water partition coefficient (Wildman–Crippen LogP) is 5.62. The summed E-state index contributed by atoms with van der Waals surface area (Å²) in [6.45, 7) is 5.46. The molecule has 6 heteroatoms. The lowest BCUT2D eigenvalue weighted by atomic mass is 9.82. The Hall–Kier alpha value is -4.32. The van der Waals surface area contributed by atoms with Crippen molar-refractivity contribution in [1.29, 1.82) is 0 Å². The third kappa shape index (κ3) is 4.68. The molecule has 6 N–H and O–H groups in total. The van der Waals surface area contributed by atoms with Crippen molar-refractivity contribution >= 4 is 0 Å². The lowest BCUT2D eigenvalue weighted by Gasteiger charge is -2.22. The fourth-order valence-corrected chi connectivity index (χ4v) is 4.57. The molecule has 35 heavy (non-hydrogen) atoms. The fraction of sp³-hybridized carbons (Fsp3) is 0.172. The van der Waals surface area contributed by atoms with Gasteiger partial charge in [-0.2, -0.15) is 0 Å². The largest absolute Gasteiger partial charge is 0.507 e. The number of phenols is 6. The summed E-state index contributed by atoms with van der Waals surface area (Å²) in [5, 5.41) is 61.0. The molecule has 0 saturated carbocycles. The first kappa shape index (κ1) is 23.8. The third-order valence-electron chi connectivity index (χ3n) is 6.35. The first-order valence-electron chi connectivity index (χ1n) is 11.2. The van der Waals surface area contributed by atoms with E-state index in [1.807, 2.05) is 38.1 Å². The topological polar surface area (TPSA) is 121 Å². The molecule has 6 nitrogen and oxygen atoms in total. The van der Waals surface area contributed by atoms with E-state index in [9.17, 15) is 30.6 Å². The van der Waals surface area contributed by atoms with Gasteiger partial charge in [0, 0.05) is 12.3 Å². The summed E-state index contributed by atoms with van der Waals surface area (Å²) in [6, 6.07) is 16.5. The molecule has 0 amide bonds. The lowest BCUT2D eigenvalue weighted by Crippen LogP contribution is -2.05. The molecule has 4 aromatic rings. The van der Waals surface area contributed by atoms with Crippen molar-refractivity contribution < 1.29 is 30.6 Å². The van der Waals surface area contributed by atoms with Gasteiger partial charge in [-0.05, 0) is 89.5 Å². The molecule has 0 spiro atoms. The molecule has 4 rings (SSSR count). The van der Waals surface area contributed by atoms with Crippen molar-refractivity contribution in [3.63, 3.8) is 0 Å². The fourth-order valence-electron chi connectivity index (χ4n) is 4.57. The molecule has 0 fully saturated rings. The van der Waals surface area contributed by atoms with Gasteiger partial charge in [0.25, 0.3) is 0 Å².